The number of para-hydroxylation sites is 1. The molecule has 168 valence electrons. The maximum Gasteiger partial charge on any atom is 0.263 e. The number of rotatable bonds is 8. The number of amides is 1. The van der Waals surface area contributed by atoms with Gasteiger partial charge in [0, 0.05) is 23.3 Å². The molecule has 33 heavy (non-hydrogen) atoms. The van der Waals surface area contributed by atoms with Crippen molar-refractivity contribution >= 4 is 23.0 Å². The second kappa shape index (κ2) is 10.7. The maximum atomic E-state index is 13.0. The van der Waals surface area contributed by atoms with Crippen LogP contribution in [0.25, 0.3) is 0 Å². The Bertz CT molecular complexity index is 1170. The van der Waals surface area contributed by atoms with Crippen molar-refractivity contribution in [2.24, 2.45) is 0 Å². The molecule has 0 aromatic heterocycles. The minimum absolute atomic E-state index is 0.0389. The predicted molar refractivity (Wildman–Crippen MR) is 129 cm³/mol. The smallest absolute Gasteiger partial charge is 0.263 e. The average Bonchev–Trinajstić information content (AvgIpc) is 2.85. The van der Waals surface area contributed by atoms with Crippen LogP contribution < -0.4 is 25.4 Å². The molecular formula is C26H26N4O3. The lowest BCUT2D eigenvalue weighted by Crippen LogP contribution is -2.28. The largest absolute Gasteiger partial charge is 0.493 e. The van der Waals surface area contributed by atoms with E-state index in [1.165, 1.54) is 6.20 Å². The van der Waals surface area contributed by atoms with Crippen LogP contribution in [-0.4, -0.2) is 20.1 Å². The molecule has 0 aliphatic rings. The number of carbonyl (C=O) groups is 1. The van der Waals surface area contributed by atoms with Crippen molar-refractivity contribution in [1.29, 1.82) is 5.26 Å². The first kappa shape index (κ1) is 23.2. The molecule has 1 amide bonds. The highest BCUT2D eigenvalue weighted by Gasteiger charge is 2.18. The molecule has 0 spiro atoms. The maximum absolute atomic E-state index is 13.0. The zero-order valence-electron chi connectivity index (χ0n) is 18.8. The highest BCUT2D eigenvalue weighted by molar-refractivity contribution is 5.98. The minimum Gasteiger partial charge on any atom is -0.493 e. The number of ether oxygens (including phenoxy) is 2. The Hall–Kier alpha value is -4.44. The lowest BCUT2D eigenvalue weighted by atomic mass is 10.1. The van der Waals surface area contributed by atoms with Crippen molar-refractivity contribution in [2.45, 2.75) is 13.0 Å². The summed E-state index contributed by atoms with van der Waals surface area (Å²) < 4.78 is 10.6. The molecule has 0 heterocycles. The monoisotopic (exact) mass is 442 g/mol. The van der Waals surface area contributed by atoms with Crippen LogP contribution in [0.1, 0.15) is 18.5 Å². The molecule has 1 unspecified atom stereocenters. The van der Waals surface area contributed by atoms with Gasteiger partial charge in [-0.15, -0.1) is 0 Å². The lowest BCUT2D eigenvalue weighted by Gasteiger charge is -2.22. The van der Waals surface area contributed by atoms with Crippen molar-refractivity contribution in [3.8, 4) is 17.6 Å². The van der Waals surface area contributed by atoms with E-state index in [0.29, 0.717) is 17.2 Å². The lowest BCUT2D eigenvalue weighted by molar-refractivity contribution is -0.117. The van der Waals surface area contributed by atoms with Crippen LogP contribution in [0.3, 0.4) is 0 Å². The number of nitrogens with zero attached hydrogens (tertiary/aromatic N) is 2. The van der Waals surface area contributed by atoms with Crippen molar-refractivity contribution in [3.63, 3.8) is 0 Å². The van der Waals surface area contributed by atoms with E-state index in [1.807, 2.05) is 61.5 Å². The molecule has 0 bridgehead atoms. The summed E-state index contributed by atoms with van der Waals surface area (Å²) in [5.41, 5.74) is 8.79. The number of hydrogen-bond acceptors (Lipinski definition) is 6. The van der Waals surface area contributed by atoms with Gasteiger partial charge in [-0.05, 0) is 61.0 Å². The summed E-state index contributed by atoms with van der Waals surface area (Å²) in [6, 6.07) is 23.7. The number of carbonyl (C=O) groups excluding carboxylic acids is 1. The number of nitriles is 1. The van der Waals surface area contributed by atoms with Crippen molar-refractivity contribution < 1.29 is 14.3 Å². The molecule has 3 rings (SSSR count). The Morgan fingerprint density at radius 1 is 1.00 bits per heavy atom. The Kier molecular flexibility index (Phi) is 7.55. The summed E-state index contributed by atoms with van der Waals surface area (Å²) in [4.78, 5) is 14.8. The Morgan fingerprint density at radius 2 is 1.64 bits per heavy atom. The molecule has 3 N–H and O–H groups in total. The zero-order valence-corrected chi connectivity index (χ0v) is 18.8. The van der Waals surface area contributed by atoms with E-state index < -0.39 is 5.91 Å². The predicted octanol–water partition coefficient (Wildman–Crippen LogP) is 4.71. The van der Waals surface area contributed by atoms with Gasteiger partial charge in [-0.25, -0.2) is 0 Å². The molecule has 7 heteroatoms. The SMILES string of the molecule is COc1ccc(C(C)NC(=O)/C(C#N)=C\N(c2ccccc2)c2ccc(N)cc2)cc1OC. The van der Waals surface area contributed by atoms with Gasteiger partial charge in [-0.3, -0.25) is 4.79 Å². The number of benzene rings is 3. The number of methoxy groups -OCH3 is 2. The molecular weight excluding hydrogens is 416 g/mol. The van der Waals surface area contributed by atoms with Gasteiger partial charge in [0.05, 0.1) is 20.3 Å². The van der Waals surface area contributed by atoms with Gasteiger partial charge in [-0.2, -0.15) is 5.26 Å². The highest BCUT2D eigenvalue weighted by Crippen LogP contribution is 2.30. The van der Waals surface area contributed by atoms with Crippen molar-refractivity contribution in [3.05, 3.63) is 90.1 Å². The molecule has 3 aromatic carbocycles. The van der Waals surface area contributed by atoms with E-state index in [9.17, 15) is 10.1 Å². The zero-order chi connectivity index (χ0) is 23.8. The highest BCUT2D eigenvalue weighted by atomic mass is 16.5. The third kappa shape index (κ3) is 5.63. The fraction of sp³-hybridized carbons (Fsp3) is 0.154. The van der Waals surface area contributed by atoms with Crippen LogP contribution >= 0.6 is 0 Å². The fourth-order valence-corrected chi connectivity index (χ4v) is 3.27. The Balaban J connectivity index is 1.89. The second-order valence-corrected chi connectivity index (χ2v) is 7.26. The molecule has 3 aromatic rings. The van der Waals surface area contributed by atoms with Gasteiger partial charge in [0.2, 0.25) is 0 Å². The number of nitrogens with one attached hydrogen (secondary N) is 1. The third-order valence-corrected chi connectivity index (χ3v) is 5.08. The number of nitrogen functional groups attached to an aromatic ring is 1. The average molecular weight is 443 g/mol. The van der Waals surface area contributed by atoms with Crippen molar-refractivity contribution in [2.75, 3.05) is 24.9 Å². The van der Waals surface area contributed by atoms with Gasteiger partial charge < -0.3 is 25.4 Å². The first-order valence-electron chi connectivity index (χ1n) is 10.3. The van der Waals surface area contributed by atoms with Crippen LogP contribution in [0, 0.1) is 11.3 Å². The van der Waals surface area contributed by atoms with Gasteiger partial charge in [-0.1, -0.05) is 24.3 Å². The second-order valence-electron chi connectivity index (χ2n) is 7.26. The summed E-state index contributed by atoms with van der Waals surface area (Å²) in [5.74, 6) is 0.668. The minimum atomic E-state index is -0.490. The molecule has 0 aliphatic heterocycles. The number of nitrogens with two attached hydrogens (primary N) is 1. The van der Waals surface area contributed by atoms with E-state index in [0.717, 1.165) is 16.9 Å². The molecule has 0 radical (unpaired) electrons. The topological polar surface area (TPSA) is 101 Å². The molecule has 7 nitrogen and oxygen atoms in total. The third-order valence-electron chi connectivity index (χ3n) is 5.08. The van der Waals surface area contributed by atoms with Crippen LogP contribution in [0.15, 0.2) is 84.6 Å². The molecule has 0 saturated carbocycles. The Labute approximate surface area is 193 Å². The van der Waals surface area contributed by atoms with Crippen LogP contribution in [0.5, 0.6) is 11.5 Å². The van der Waals surface area contributed by atoms with Gasteiger partial charge in [0.15, 0.2) is 11.5 Å². The van der Waals surface area contributed by atoms with Gasteiger partial charge in [0.1, 0.15) is 11.6 Å². The van der Waals surface area contributed by atoms with Crippen molar-refractivity contribution in [1.82, 2.24) is 5.32 Å². The summed E-state index contributed by atoms with van der Waals surface area (Å²) in [6.07, 6.45) is 1.53. The van der Waals surface area contributed by atoms with Gasteiger partial charge in [0.25, 0.3) is 5.91 Å². The van der Waals surface area contributed by atoms with E-state index in [-0.39, 0.29) is 11.6 Å². The van der Waals surface area contributed by atoms with E-state index in [1.54, 1.807) is 43.4 Å². The fourth-order valence-electron chi connectivity index (χ4n) is 3.27. The van der Waals surface area contributed by atoms with Crippen LogP contribution in [-0.2, 0) is 4.79 Å². The molecule has 0 aliphatic carbocycles. The summed E-state index contributed by atoms with van der Waals surface area (Å²) >= 11 is 0. The van der Waals surface area contributed by atoms with E-state index in [4.69, 9.17) is 15.2 Å². The first-order valence-corrected chi connectivity index (χ1v) is 10.3. The molecule has 1 atom stereocenters. The van der Waals surface area contributed by atoms with E-state index in [2.05, 4.69) is 5.32 Å². The first-order chi connectivity index (χ1) is 16.0. The normalized spacial score (nSPS) is 11.8. The summed E-state index contributed by atoms with van der Waals surface area (Å²) in [5, 5.41) is 12.6. The number of anilines is 3. The standard InChI is InChI=1S/C26H26N4O3/c1-18(19-9-14-24(32-2)25(15-19)33-3)29-26(31)20(16-27)17-30(22-7-5-4-6-8-22)23-12-10-21(28)11-13-23/h4-15,17-18H,28H2,1-3H3,(H,29,31)/b20-17-. The number of hydrogen-bond donors (Lipinski definition) is 2. The van der Waals surface area contributed by atoms with Crippen LogP contribution in [0.2, 0.25) is 0 Å². The summed E-state index contributed by atoms with van der Waals surface area (Å²) in [6.45, 7) is 1.84. The molecule has 0 saturated heterocycles. The van der Waals surface area contributed by atoms with Gasteiger partial charge >= 0.3 is 0 Å². The van der Waals surface area contributed by atoms with E-state index >= 15 is 0 Å². The summed E-state index contributed by atoms with van der Waals surface area (Å²) in [7, 11) is 3.11. The molecule has 0 fully saturated rings. The Morgan fingerprint density at radius 3 is 2.24 bits per heavy atom. The van der Waals surface area contributed by atoms with Crippen LogP contribution in [0.4, 0.5) is 17.1 Å². The quantitative estimate of drug-likeness (QED) is 0.298.